The van der Waals surface area contributed by atoms with Crippen LogP contribution in [-0.2, 0) is 0 Å². The lowest BCUT2D eigenvalue weighted by Crippen LogP contribution is -2.73. The van der Waals surface area contributed by atoms with Gasteiger partial charge in [0.1, 0.15) is 11.2 Å². The quantitative estimate of drug-likeness (QED) is 0.336. The zero-order chi connectivity index (χ0) is 22.0. The summed E-state index contributed by atoms with van der Waals surface area (Å²) in [7, 11) is -2.58. The topological polar surface area (TPSA) is 13.1 Å². The number of hydrogen-bond donors (Lipinski definition) is 0. The normalized spacial score (nSPS) is 16.8. The van der Waals surface area contributed by atoms with E-state index in [0.29, 0.717) is 0 Å². The minimum absolute atomic E-state index is 0.956. The molecule has 0 bridgehead atoms. The van der Waals surface area contributed by atoms with Crippen LogP contribution in [0.1, 0.15) is 5.56 Å². The van der Waals surface area contributed by atoms with Crippen molar-refractivity contribution in [3.05, 3.63) is 121 Å². The van der Waals surface area contributed by atoms with Crippen LogP contribution in [0.4, 0.5) is 0 Å². The van der Waals surface area contributed by atoms with Gasteiger partial charge >= 0.3 is 0 Å². The maximum atomic E-state index is 6.69. The van der Waals surface area contributed by atoms with E-state index < -0.39 is 8.07 Å². The molecule has 2 heterocycles. The Kier molecular flexibility index (Phi) is 3.85. The van der Waals surface area contributed by atoms with E-state index in [4.69, 9.17) is 4.42 Å². The molecule has 0 saturated carbocycles. The molecule has 0 spiro atoms. The molecule has 1 atom stereocenters. The number of fused-ring (bicyclic) bond motifs is 7. The van der Waals surface area contributed by atoms with Crippen LogP contribution in [0.25, 0.3) is 33.1 Å². The molecule has 0 aliphatic carbocycles. The van der Waals surface area contributed by atoms with Crippen molar-refractivity contribution in [1.29, 1.82) is 0 Å². The molecule has 1 aliphatic heterocycles. The Balaban J connectivity index is 1.74. The number of para-hydroxylation sites is 1. The first-order valence-corrected chi connectivity index (χ1v) is 13.5. The molecule has 7 rings (SSSR count). The Bertz CT molecular complexity index is 1680. The van der Waals surface area contributed by atoms with Crippen molar-refractivity contribution in [3.63, 3.8) is 0 Å². The average Bonchev–Trinajstić information content (AvgIpc) is 3.39. The summed E-state index contributed by atoms with van der Waals surface area (Å²) < 4.78 is 6.69. The van der Waals surface area contributed by atoms with Gasteiger partial charge in [-0.15, -0.1) is 0 Å². The van der Waals surface area contributed by atoms with Gasteiger partial charge in [0.05, 0.1) is 0 Å². The Hall–Kier alpha value is -3.88. The summed E-state index contributed by atoms with van der Waals surface area (Å²) in [4.78, 5) is 0. The van der Waals surface area contributed by atoms with Gasteiger partial charge < -0.3 is 4.42 Å². The third-order valence-electron chi connectivity index (χ3n) is 7.20. The minimum atomic E-state index is -2.58. The highest BCUT2D eigenvalue weighted by molar-refractivity contribution is 7.23. The van der Waals surface area contributed by atoms with E-state index in [-0.39, 0.29) is 0 Å². The smallest absolute Gasteiger partial charge is 0.185 e. The molecule has 0 saturated heterocycles. The van der Waals surface area contributed by atoms with Gasteiger partial charge in [-0.3, -0.25) is 0 Å². The predicted molar refractivity (Wildman–Crippen MR) is 141 cm³/mol. The molecular weight excluding hydrogens is 416 g/mol. The number of furan rings is 1. The van der Waals surface area contributed by atoms with Crippen LogP contribution in [0.15, 0.2) is 120 Å². The standard InChI is InChI=1S/C31H22OSi/c1-21-10-9-13-23(20-21)33(22-11-3-2-4-12-22)29-17-8-6-15-25(29)27-19-18-26-24-14-5-7-16-28(24)32-30(26)31(27)33/h2-20H,1H3. The maximum absolute atomic E-state index is 6.69. The van der Waals surface area contributed by atoms with Crippen molar-refractivity contribution in [2.75, 3.05) is 0 Å². The van der Waals surface area contributed by atoms with E-state index in [0.717, 1.165) is 11.2 Å². The molecule has 0 radical (unpaired) electrons. The fourth-order valence-corrected chi connectivity index (χ4v) is 11.3. The molecule has 1 nitrogen and oxygen atoms in total. The summed E-state index contributed by atoms with van der Waals surface area (Å²) in [6, 6.07) is 42.2. The zero-order valence-corrected chi connectivity index (χ0v) is 19.4. The second-order valence-electron chi connectivity index (χ2n) is 8.99. The van der Waals surface area contributed by atoms with Crippen molar-refractivity contribution in [2.45, 2.75) is 6.92 Å². The number of rotatable bonds is 2. The molecule has 6 aromatic rings. The van der Waals surface area contributed by atoms with E-state index in [2.05, 4.69) is 122 Å². The molecular formula is C31H22OSi. The van der Waals surface area contributed by atoms with Crippen LogP contribution in [0.2, 0.25) is 0 Å². The molecule has 1 aromatic heterocycles. The Morgan fingerprint density at radius 1 is 0.576 bits per heavy atom. The van der Waals surface area contributed by atoms with Crippen molar-refractivity contribution in [3.8, 4) is 11.1 Å². The number of benzene rings is 5. The zero-order valence-electron chi connectivity index (χ0n) is 18.4. The van der Waals surface area contributed by atoms with Crippen LogP contribution in [0.5, 0.6) is 0 Å². The molecule has 156 valence electrons. The fraction of sp³-hybridized carbons (Fsp3) is 0.0323. The lowest BCUT2D eigenvalue weighted by Gasteiger charge is -2.31. The van der Waals surface area contributed by atoms with E-state index in [1.54, 1.807) is 0 Å². The second-order valence-corrected chi connectivity index (χ2v) is 12.7. The van der Waals surface area contributed by atoms with Crippen LogP contribution < -0.4 is 20.7 Å². The third kappa shape index (κ3) is 2.41. The van der Waals surface area contributed by atoms with E-state index in [1.165, 1.54) is 48.2 Å². The van der Waals surface area contributed by atoms with Gasteiger partial charge in [0.25, 0.3) is 0 Å². The number of aryl methyl sites for hydroxylation is 1. The second kappa shape index (κ2) is 6.81. The Morgan fingerprint density at radius 2 is 1.33 bits per heavy atom. The third-order valence-corrected chi connectivity index (χ3v) is 12.1. The summed E-state index contributed by atoms with van der Waals surface area (Å²) in [6.07, 6.45) is 0. The lowest BCUT2D eigenvalue weighted by atomic mass is 10.0. The minimum Gasteiger partial charge on any atom is -0.456 e. The molecule has 5 aromatic carbocycles. The monoisotopic (exact) mass is 438 g/mol. The summed E-state index contributed by atoms with van der Waals surface area (Å²) in [5, 5.41) is 8.03. The highest BCUT2D eigenvalue weighted by Crippen LogP contribution is 2.36. The molecule has 2 heteroatoms. The summed E-state index contributed by atoms with van der Waals surface area (Å²) >= 11 is 0. The van der Waals surface area contributed by atoms with Gasteiger partial charge in [-0.2, -0.15) is 0 Å². The largest absolute Gasteiger partial charge is 0.456 e. The number of hydrogen-bond acceptors (Lipinski definition) is 1. The van der Waals surface area contributed by atoms with Gasteiger partial charge in [0.2, 0.25) is 0 Å². The highest BCUT2D eigenvalue weighted by Gasteiger charge is 2.50. The van der Waals surface area contributed by atoms with Crippen molar-refractivity contribution in [1.82, 2.24) is 0 Å². The van der Waals surface area contributed by atoms with Crippen molar-refractivity contribution < 1.29 is 4.42 Å². The van der Waals surface area contributed by atoms with Crippen LogP contribution >= 0.6 is 0 Å². The van der Waals surface area contributed by atoms with Gasteiger partial charge in [0, 0.05) is 16.0 Å². The van der Waals surface area contributed by atoms with Crippen LogP contribution in [0.3, 0.4) is 0 Å². The maximum Gasteiger partial charge on any atom is 0.185 e. The van der Waals surface area contributed by atoms with E-state index >= 15 is 0 Å². The Morgan fingerprint density at radius 3 is 2.21 bits per heavy atom. The SMILES string of the molecule is Cc1cccc([Si]2(c3ccccc3)c3ccccc3-c3ccc4c(oc5ccccc54)c32)c1. The lowest BCUT2D eigenvalue weighted by molar-refractivity contribution is 0.671. The van der Waals surface area contributed by atoms with Gasteiger partial charge in [-0.05, 0) is 45.7 Å². The molecule has 0 fully saturated rings. The van der Waals surface area contributed by atoms with Crippen molar-refractivity contribution in [2.24, 2.45) is 0 Å². The van der Waals surface area contributed by atoms with Crippen LogP contribution in [0, 0.1) is 6.92 Å². The van der Waals surface area contributed by atoms with Crippen LogP contribution in [-0.4, -0.2) is 8.07 Å². The molecule has 0 amide bonds. The van der Waals surface area contributed by atoms with Gasteiger partial charge in [-0.25, -0.2) is 0 Å². The Labute approximate surface area is 194 Å². The molecule has 33 heavy (non-hydrogen) atoms. The van der Waals surface area contributed by atoms with Gasteiger partial charge in [0.15, 0.2) is 8.07 Å². The molecule has 1 aliphatic rings. The first-order chi connectivity index (χ1) is 16.3. The molecule has 0 N–H and O–H groups in total. The first kappa shape index (κ1) is 18.7. The first-order valence-electron chi connectivity index (χ1n) is 11.5. The van der Waals surface area contributed by atoms with Gasteiger partial charge in [-0.1, -0.05) is 109 Å². The fourth-order valence-electron chi connectivity index (χ4n) is 5.90. The summed E-state index contributed by atoms with van der Waals surface area (Å²) in [5.74, 6) is 0. The predicted octanol–water partition coefficient (Wildman–Crippen LogP) is 5.25. The van der Waals surface area contributed by atoms with E-state index in [9.17, 15) is 0 Å². The summed E-state index contributed by atoms with van der Waals surface area (Å²) in [5.41, 5.74) is 5.94. The molecule has 1 unspecified atom stereocenters. The highest BCUT2D eigenvalue weighted by atomic mass is 28.3. The summed E-state index contributed by atoms with van der Waals surface area (Å²) in [6.45, 7) is 2.19. The average molecular weight is 439 g/mol. The van der Waals surface area contributed by atoms with E-state index in [1.807, 2.05) is 0 Å². The van der Waals surface area contributed by atoms with Crippen molar-refractivity contribution >= 4 is 50.8 Å².